The van der Waals surface area contributed by atoms with Gasteiger partial charge in [-0.25, -0.2) is 9.59 Å². The molecule has 0 spiro atoms. The van der Waals surface area contributed by atoms with Gasteiger partial charge < -0.3 is 20.1 Å². The summed E-state index contributed by atoms with van der Waals surface area (Å²) in [5.41, 5.74) is 2.38. The van der Waals surface area contributed by atoms with E-state index < -0.39 is 12.0 Å². The molecule has 3 aromatic rings. The predicted molar refractivity (Wildman–Crippen MR) is 112 cm³/mol. The van der Waals surface area contributed by atoms with Gasteiger partial charge in [0, 0.05) is 16.9 Å². The van der Waals surface area contributed by atoms with Crippen molar-refractivity contribution in [2.75, 3.05) is 17.7 Å². The molecule has 0 saturated heterocycles. The minimum absolute atomic E-state index is 0.106. The van der Waals surface area contributed by atoms with Gasteiger partial charge in [-0.1, -0.05) is 36.4 Å². The number of hydrogen-bond acceptors (Lipinski definition) is 5. The maximum Gasteiger partial charge on any atom is 0.341 e. The molecule has 0 bridgehead atoms. The number of nitrogens with zero attached hydrogens (tertiary/aromatic N) is 1. The summed E-state index contributed by atoms with van der Waals surface area (Å²) in [6.07, 6.45) is 0. The molecule has 150 valence electrons. The number of para-hydroxylation sites is 1. The Balaban J connectivity index is 1.75. The number of methoxy groups -OCH3 is 1. The molecule has 0 atom stereocenters. The zero-order valence-electron chi connectivity index (χ0n) is 16.2. The molecule has 7 nitrogen and oxygen atoms in total. The minimum Gasteiger partial charge on any atom is -0.488 e. The predicted octanol–water partition coefficient (Wildman–Crippen LogP) is 4.57. The van der Waals surface area contributed by atoms with Crippen LogP contribution in [0.5, 0.6) is 5.75 Å². The average molecular weight is 401 g/mol. The summed E-state index contributed by atoms with van der Waals surface area (Å²) in [5, 5.41) is 14.6. The van der Waals surface area contributed by atoms with Gasteiger partial charge in [0.2, 0.25) is 0 Å². The molecule has 0 fully saturated rings. The second-order valence-electron chi connectivity index (χ2n) is 6.21. The van der Waals surface area contributed by atoms with Crippen LogP contribution in [-0.2, 0) is 11.3 Å². The fourth-order valence-electron chi connectivity index (χ4n) is 2.73. The molecular formula is C23H19N3O4. The summed E-state index contributed by atoms with van der Waals surface area (Å²) in [4.78, 5) is 24.4. The molecule has 0 unspecified atom stereocenters. The molecule has 0 aliphatic heterocycles. The lowest BCUT2D eigenvalue weighted by Gasteiger charge is -2.13. The highest BCUT2D eigenvalue weighted by Crippen LogP contribution is 2.25. The first-order chi connectivity index (χ1) is 14.6. The average Bonchev–Trinajstić information content (AvgIpc) is 2.78. The van der Waals surface area contributed by atoms with Gasteiger partial charge in [0.05, 0.1) is 18.7 Å². The maximum atomic E-state index is 12.2. The topological polar surface area (TPSA) is 100 Å². The number of amides is 2. The monoisotopic (exact) mass is 401 g/mol. The number of benzene rings is 3. The molecule has 0 saturated carbocycles. The van der Waals surface area contributed by atoms with Crippen molar-refractivity contribution in [3.8, 4) is 11.8 Å². The van der Waals surface area contributed by atoms with E-state index in [1.807, 2.05) is 18.2 Å². The van der Waals surface area contributed by atoms with Crippen molar-refractivity contribution in [1.29, 1.82) is 5.26 Å². The molecule has 7 heteroatoms. The lowest BCUT2D eigenvalue weighted by atomic mass is 10.1. The van der Waals surface area contributed by atoms with Crippen molar-refractivity contribution in [3.05, 3.63) is 89.5 Å². The number of nitriles is 1. The summed E-state index contributed by atoms with van der Waals surface area (Å²) in [6.45, 7) is 0.106. The Labute approximate surface area is 173 Å². The van der Waals surface area contributed by atoms with Crippen molar-refractivity contribution in [2.45, 2.75) is 6.61 Å². The molecule has 30 heavy (non-hydrogen) atoms. The van der Waals surface area contributed by atoms with Crippen LogP contribution in [0, 0.1) is 11.3 Å². The molecule has 0 heterocycles. The van der Waals surface area contributed by atoms with E-state index in [0.717, 1.165) is 0 Å². The van der Waals surface area contributed by atoms with Crippen LogP contribution in [0.4, 0.5) is 16.2 Å². The molecular weight excluding hydrogens is 382 g/mol. The Morgan fingerprint density at radius 2 is 1.63 bits per heavy atom. The molecule has 0 aromatic heterocycles. The SMILES string of the molecule is COC(=O)c1cc(NC(=O)Nc2ccccc2)ccc1OCc1ccccc1C#N. The van der Waals surface area contributed by atoms with Crippen molar-refractivity contribution >= 4 is 23.4 Å². The number of hydrogen-bond donors (Lipinski definition) is 2. The molecule has 3 aromatic carbocycles. The number of anilines is 2. The van der Waals surface area contributed by atoms with Gasteiger partial charge in [-0.05, 0) is 36.4 Å². The van der Waals surface area contributed by atoms with E-state index in [4.69, 9.17) is 9.47 Å². The van der Waals surface area contributed by atoms with Gasteiger partial charge in [0.1, 0.15) is 17.9 Å². The number of ether oxygens (including phenoxy) is 2. The number of esters is 1. The second kappa shape index (κ2) is 9.75. The van der Waals surface area contributed by atoms with Crippen LogP contribution in [-0.4, -0.2) is 19.1 Å². The minimum atomic E-state index is -0.606. The van der Waals surface area contributed by atoms with Crippen LogP contribution in [0.3, 0.4) is 0 Å². The first kappa shape index (κ1) is 20.4. The van der Waals surface area contributed by atoms with Crippen LogP contribution in [0.25, 0.3) is 0 Å². The lowest BCUT2D eigenvalue weighted by Crippen LogP contribution is -2.19. The largest absolute Gasteiger partial charge is 0.488 e. The summed E-state index contributed by atoms with van der Waals surface area (Å²) in [6, 6.07) is 22.3. The summed E-state index contributed by atoms with van der Waals surface area (Å²) < 4.78 is 10.6. The van der Waals surface area contributed by atoms with Crippen LogP contribution < -0.4 is 15.4 Å². The van der Waals surface area contributed by atoms with Gasteiger partial charge in [-0.2, -0.15) is 5.26 Å². The molecule has 3 rings (SSSR count). The van der Waals surface area contributed by atoms with Crippen molar-refractivity contribution < 1.29 is 19.1 Å². The van der Waals surface area contributed by atoms with Crippen LogP contribution >= 0.6 is 0 Å². The maximum absolute atomic E-state index is 12.2. The van der Waals surface area contributed by atoms with E-state index >= 15 is 0 Å². The fraction of sp³-hybridized carbons (Fsp3) is 0.0870. The summed E-state index contributed by atoms with van der Waals surface area (Å²) in [5.74, 6) is -0.325. The standard InChI is InChI=1S/C23H19N3O4/c1-29-22(27)20-13-19(26-23(28)25-18-9-3-2-4-10-18)11-12-21(20)30-15-17-8-6-5-7-16(17)14-24/h2-13H,15H2,1H3,(H2,25,26,28). The highest BCUT2D eigenvalue weighted by molar-refractivity contribution is 6.01. The van der Waals surface area contributed by atoms with E-state index in [1.54, 1.807) is 48.5 Å². The molecule has 2 N–H and O–H groups in total. The van der Waals surface area contributed by atoms with E-state index in [-0.39, 0.29) is 17.9 Å². The smallest absolute Gasteiger partial charge is 0.341 e. The second-order valence-corrected chi connectivity index (χ2v) is 6.21. The Hall–Kier alpha value is -4.31. The van der Waals surface area contributed by atoms with Crippen LogP contribution in [0.15, 0.2) is 72.8 Å². The third-order valence-corrected chi connectivity index (χ3v) is 4.20. The van der Waals surface area contributed by atoms with Crippen LogP contribution in [0.1, 0.15) is 21.5 Å². The van der Waals surface area contributed by atoms with E-state index in [1.165, 1.54) is 13.2 Å². The summed E-state index contributed by atoms with van der Waals surface area (Å²) in [7, 11) is 1.26. The first-order valence-electron chi connectivity index (χ1n) is 9.07. The fourth-order valence-corrected chi connectivity index (χ4v) is 2.73. The van der Waals surface area contributed by atoms with Gasteiger partial charge in [0.25, 0.3) is 0 Å². The van der Waals surface area contributed by atoms with E-state index in [0.29, 0.717) is 22.5 Å². The molecule has 0 radical (unpaired) electrons. The number of carbonyl (C=O) groups excluding carboxylic acids is 2. The van der Waals surface area contributed by atoms with Crippen molar-refractivity contribution in [1.82, 2.24) is 0 Å². The van der Waals surface area contributed by atoms with Gasteiger partial charge in [-0.15, -0.1) is 0 Å². The Morgan fingerprint density at radius 1 is 0.933 bits per heavy atom. The number of carbonyl (C=O) groups is 2. The third kappa shape index (κ3) is 5.14. The van der Waals surface area contributed by atoms with E-state index in [9.17, 15) is 14.9 Å². The number of rotatable bonds is 6. The third-order valence-electron chi connectivity index (χ3n) is 4.20. The Morgan fingerprint density at radius 3 is 2.37 bits per heavy atom. The molecule has 0 aliphatic rings. The molecule has 2 amide bonds. The summed E-state index contributed by atoms with van der Waals surface area (Å²) >= 11 is 0. The number of nitrogens with one attached hydrogen (secondary N) is 2. The quantitative estimate of drug-likeness (QED) is 0.590. The lowest BCUT2D eigenvalue weighted by molar-refractivity contribution is 0.0595. The zero-order valence-corrected chi connectivity index (χ0v) is 16.2. The number of urea groups is 1. The van der Waals surface area contributed by atoms with Gasteiger partial charge >= 0.3 is 12.0 Å². The first-order valence-corrected chi connectivity index (χ1v) is 9.07. The molecule has 0 aliphatic carbocycles. The van der Waals surface area contributed by atoms with Gasteiger partial charge in [0.15, 0.2) is 0 Å². The normalized spacial score (nSPS) is 9.87. The highest BCUT2D eigenvalue weighted by Gasteiger charge is 2.16. The highest BCUT2D eigenvalue weighted by atomic mass is 16.5. The Kier molecular flexibility index (Phi) is 6.64. The van der Waals surface area contributed by atoms with Gasteiger partial charge in [-0.3, -0.25) is 0 Å². The van der Waals surface area contributed by atoms with Crippen molar-refractivity contribution in [3.63, 3.8) is 0 Å². The van der Waals surface area contributed by atoms with Crippen LogP contribution in [0.2, 0.25) is 0 Å². The van der Waals surface area contributed by atoms with E-state index in [2.05, 4.69) is 16.7 Å². The zero-order chi connectivity index (χ0) is 21.3. The van der Waals surface area contributed by atoms with Crippen molar-refractivity contribution in [2.24, 2.45) is 0 Å². The Bertz CT molecular complexity index is 1090.